The number of pyridine rings is 3. The first kappa shape index (κ1) is 27.6. The van der Waals surface area contributed by atoms with Gasteiger partial charge in [-0.1, -0.05) is 13.0 Å². The molecule has 224 valence electrons. The molecule has 2 fully saturated rings. The second-order valence-electron chi connectivity index (χ2n) is 12.7. The highest BCUT2D eigenvalue weighted by Crippen LogP contribution is 2.47. The molecule has 10 heteroatoms. The summed E-state index contributed by atoms with van der Waals surface area (Å²) in [6, 6.07) is 10.7. The lowest BCUT2D eigenvalue weighted by atomic mass is 9.60. The lowest BCUT2D eigenvalue weighted by molar-refractivity contribution is 0.0615. The Hall–Kier alpha value is -4.18. The van der Waals surface area contributed by atoms with Gasteiger partial charge in [-0.25, -0.2) is 14.5 Å². The summed E-state index contributed by atoms with van der Waals surface area (Å²) in [6.07, 6.45) is 12.5. The first-order chi connectivity index (χ1) is 20.9. The van der Waals surface area contributed by atoms with Crippen molar-refractivity contribution in [1.82, 2.24) is 35.1 Å². The minimum atomic E-state index is 0.0888. The zero-order chi connectivity index (χ0) is 29.6. The van der Waals surface area contributed by atoms with E-state index in [0.717, 1.165) is 58.1 Å². The van der Waals surface area contributed by atoms with Gasteiger partial charge < -0.3 is 20.1 Å². The van der Waals surface area contributed by atoms with Gasteiger partial charge in [0.05, 0.1) is 37.0 Å². The van der Waals surface area contributed by atoms with Crippen LogP contribution in [0.3, 0.4) is 0 Å². The summed E-state index contributed by atoms with van der Waals surface area (Å²) in [5, 5.41) is 20.6. The van der Waals surface area contributed by atoms with Crippen molar-refractivity contribution in [1.29, 1.82) is 0 Å². The van der Waals surface area contributed by atoms with Crippen LogP contribution in [0.5, 0.6) is 11.6 Å². The van der Waals surface area contributed by atoms with Crippen LogP contribution in [0.2, 0.25) is 0 Å². The van der Waals surface area contributed by atoms with E-state index >= 15 is 0 Å². The highest BCUT2D eigenvalue weighted by atomic mass is 16.5. The molecule has 0 radical (unpaired) electrons. The number of hydrogen-bond acceptors (Lipinski definition) is 8. The monoisotopic (exact) mass is 580 g/mol. The molecule has 2 aliphatic carbocycles. The molecule has 5 heterocycles. The van der Waals surface area contributed by atoms with Crippen LogP contribution in [-0.2, 0) is 6.54 Å². The van der Waals surface area contributed by atoms with Gasteiger partial charge >= 0.3 is 0 Å². The third kappa shape index (κ3) is 5.40. The lowest BCUT2D eigenvalue weighted by Crippen LogP contribution is -2.55. The molecule has 0 aromatic carbocycles. The molecular formula is C33H40N8O2. The Morgan fingerprint density at radius 2 is 2.00 bits per heavy atom. The average Bonchev–Trinajstić information content (AvgIpc) is 3.60. The Labute approximate surface area is 251 Å². The predicted octanol–water partition coefficient (Wildman–Crippen LogP) is 5.86. The quantitative estimate of drug-likeness (QED) is 0.199. The Kier molecular flexibility index (Phi) is 7.17. The SMILES string of the molecule is CCOc1cc(-c2ccc(NC3C(C)CC4CC3CC(C)(NCc3ccc(OC)nc3)C4)nc2)c2c3cn[nH]c3nn2c1. The van der Waals surface area contributed by atoms with Gasteiger partial charge in [-0.15, -0.1) is 5.10 Å². The smallest absolute Gasteiger partial charge is 0.212 e. The van der Waals surface area contributed by atoms with E-state index in [4.69, 9.17) is 14.5 Å². The fourth-order valence-electron chi connectivity index (χ4n) is 7.66. The number of hydrogen-bond donors (Lipinski definition) is 3. The van der Waals surface area contributed by atoms with Crippen LogP contribution in [0.15, 0.2) is 55.1 Å². The second kappa shape index (κ2) is 11.1. The Balaban J connectivity index is 1.09. The fraction of sp³-hybridized carbons (Fsp3) is 0.455. The first-order valence-electron chi connectivity index (χ1n) is 15.4. The number of nitrogens with one attached hydrogen (secondary N) is 3. The molecular weight excluding hydrogens is 540 g/mol. The molecule has 7 rings (SSSR count). The number of aromatic amines is 1. The summed E-state index contributed by atoms with van der Waals surface area (Å²) in [6.45, 7) is 8.18. The maximum atomic E-state index is 5.86. The van der Waals surface area contributed by atoms with Crippen LogP contribution in [0.25, 0.3) is 27.7 Å². The Morgan fingerprint density at radius 1 is 1.09 bits per heavy atom. The number of rotatable bonds is 9. The van der Waals surface area contributed by atoms with E-state index in [-0.39, 0.29) is 5.54 Å². The standard InChI is InChI=1S/C33H40N8O2/c1-5-43-25-12-26(31-27-18-37-39-32(27)40-41(31)19-25)23-7-8-28(34-17-23)38-30-20(2)10-22-11-24(30)14-33(3,13-22)36-16-21-6-9-29(42-4)35-15-21/h6-9,12,15,17-20,22,24,30,36H,5,10-11,13-14,16H2,1-4H3,(H,34,38)(H,39,40). The third-order valence-corrected chi connectivity index (χ3v) is 9.44. The molecule has 0 spiro atoms. The summed E-state index contributed by atoms with van der Waals surface area (Å²) >= 11 is 0. The Morgan fingerprint density at radius 3 is 2.77 bits per heavy atom. The zero-order valence-corrected chi connectivity index (χ0v) is 25.3. The number of anilines is 1. The van der Waals surface area contributed by atoms with Crippen molar-refractivity contribution in [2.24, 2.45) is 17.8 Å². The van der Waals surface area contributed by atoms with E-state index in [9.17, 15) is 0 Å². The molecule has 2 saturated carbocycles. The van der Waals surface area contributed by atoms with Crippen molar-refractivity contribution in [2.75, 3.05) is 19.0 Å². The normalized spacial score (nSPS) is 25.2. The van der Waals surface area contributed by atoms with Crippen LogP contribution in [0, 0.1) is 17.8 Å². The van der Waals surface area contributed by atoms with Gasteiger partial charge in [0.15, 0.2) is 5.65 Å². The topological polar surface area (TPSA) is 114 Å². The molecule has 0 aliphatic heterocycles. The van der Waals surface area contributed by atoms with E-state index < -0.39 is 0 Å². The summed E-state index contributed by atoms with van der Waals surface area (Å²) in [5.41, 5.74) is 5.04. The molecule has 2 aliphatic rings. The molecule has 5 aromatic rings. The summed E-state index contributed by atoms with van der Waals surface area (Å²) < 4.78 is 12.9. The zero-order valence-electron chi connectivity index (χ0n) is 25.3. The minimum Gasteiger partial charge on any atom is -0.492 e. The van der Waals surface area contributed by atoms with Gasteiger partial charge in [-0.2, -0.15) is 5.10 Å². The van der Waals surface area contributed by atoms with Crippen LogP contribution in [0.1, 0.15) is 52.0 Å². The third-order valence-electron chi connectivity index (χ3n) is 9.44. The number of H-pyrrole nitrogens is 1. The summed E-state index contributed by atoms with van der Waals surface area (Å²) in [7, 11) is 1.65. The molecule has 0 saturated heterocycles. The summed E-state index contributed by atoms with van der Waals surface area (Å²) in [4.78, 5) is 9.29. The number of nitrogens with zero attached hydrogens (tertiary/aromatic N) is 5. The highest BCUT2D eigenvalue weighted by Gasteiger charge is 2.45. The molecule has 2 bridgehead atoms. The molecule has 0 amide bonds. The maximum Gasteiger partial charge on any atom is 0.212 e. The molecule has 5 aromatic heterocycles. The van der Waals surface area contributed by atoms with Crippen molar-refractivity contribution in [3.05, 3.63) is 60.7 Å². The van der Waals surface area contributed by atoms with Crippen molar-refractivity contribution < 1.29 is 9.47 Å². The van der Waals surface area contributed by atoms with E-state index in [2.05, 4.69) is 69.0 Å². The van der Waals surface area contributed by atoms with Crippen LogP contribution in [-0.4, -0.2) is 55.1 Å². The molecule has 5 atom stereocenters. The van der Waals surface area contributed by atoms with E-state index in [0.29, 0.717) is 30.4 Å². The van der Waals surface area contributed by atoms with Gasteiger partial charge in [-0.05, 0) is 81.0 Å². The maximum absolute atomic E-state index is 5.86. The van der Waals surface area contributed by atoms with Gasteiger partial charge in [0.2, 0.25) is 5.88 Å². The Bertz CT molecular complexity index is 1710. The molecule has 10 nitrogen and oxygen atoms in total. The first-order valence-corrected chi connectivity index (χ1v) is 15.4. The lowest BCUT2D eigenvalue weighted by Gasteiger charge is -2.51. The van der Waals surface area contributed by atoms with E-state index in [1.165, 1.54) is 24.8 Å². The number of methoxy groups -OCH3 is 1. The molecule has 3 N–H and O–H groups in total. The van der Waals surface area contributed by atoms with Gasteiger partial charge in [0.1, 0.15) is 11.6 Å². The number of ether oxygens (including phenoxy) is 2. The summed E-state index contributed by atoms with van der Waals surface area (Å²) in [5.74, 6) is 4.25. The largest absolute Gasteiger partial charge is 0.492 e. The highest BCUT2D eigenvalue weighted by molar-refractivity contribution is 6.00. The average molecular weight is 581 g/mol. The van der Waals surface area contributed by atoms with Crippen LogP contribution < -0.4 is 20.1 Å². The molecule has 43 heavy (non-hydrogen) atoms. The van der Waals surface area contributed by atoms with Crippen molar-refractivity contribution in [3.63, 3.8) is 0 Å². The minimum absolute atomic E-state index is 0.0888. The van der Waals surface area contributed by atoms with E-state index in [1.54, 1.807) is 7.11 Å². The van der Waals surface area contributed by atoms with Gasteiger partial charge in [-0.3, -0.25) is 5.10 Å². The van der Waals surface area contributed by atoms with Crippen LogP contribution in [0.4, 0.5) is 5.82 Å². The van der Waals surface area contributed by atoms with Crippen molar-refractivity contribution in [2.45, 2.75) is 64.6 Å². The number of aromatic nitrogens is 6. The van der Waals surface area contributed by atoms with Crippen molar-refractivity contribution in [3.8, 4) is 22.8 Å². The second-order valence-corrected chi connectivity index (χ2v) is 12.7. The number of fused-ring (bicyclic) bond motifs is 5. The van der Waals surface area contributed by atoms with Gasteiger partial charge in [0, 0.05) is 47.7 Å². The van der Waals surface area contributed by atoms with Crippen molar-refractivity contribution >= 4 is 22.4 Å². The predicted molar refractivity (Wildman–Crippen MR) is 167 cm³/mol. The van der Waals surface area contributed by atoms with E-state index in [1.807, 2.05) is 42.3 Å². The molecule has 5 unspecified atom stereocenters. The van der Waals surface area contributed by atoms with Crippen LogP contribution >= 0.6 is 0 Å². The van der Waals surface area contributed by atoms with Gasteiger partial charge in [0.25, 0.3) is 0 Å². The fourth-order valence-corrected chi connectivity index (χ4v) is 7.66.